The summed E-state index contributed by atoms with van der Waals surface area (Å²) in [6, 6.07) is 6.50. The summed E-state index contributed by atoms with van der Waals surface area (Å²) in [7, 11) is 0. The van der Waals surface area contributed by atoms with E-state index in [1.165, 1.54) is 16.7 Å². The number of terminal acetylenes is 1. The zero-order chi connectivity index (χ0) is 9.56. The molecule has 0 saturated carbocycles. The number of benzene rings is 1. The van der Waals surface area contributed by atoms with Crippen molar-refractivity contribution in [2.45, 2.75) is 27.7 Å². The Morgan fingerprint density at radius 3 is 1.92 bits per heavy atom. The van der Waals surface area contributed by atoms with Gasteiger partial charge in [-0.1, -0.05) is 23.8 Å². The van der Waals surface area contributed by atoms with E-state index in [0.29, 0.717) is 0 Å². The fourth-order valence-electron chi connectivity index (χ4n) is 0.891. The molecule has 12 heavy (non-hydrogen) atoms. The summed E-state index contributed by atoms with van der Waals surface area (Å²) in [5.41, 5.74) is 4.11. The topological polar surface area (TPSA) is 0 Å². The first kappa shape index (κ1) is 10.8. The standard InChI is InChI=1S/C9H12.C3H4/c1-7-4-5-8(2)9(3)6-7;1-3-2/h4-6H,1-3H3;1H,2H3. The van der Waals surface area contributed by atoms with Gasteiger partial charge in [-0.25, -0.2) is 0 Å². The van der Waals surface area contributed by atoms with E-state index in [1.807, 2.05) is 0 Å². The lowest BCUT2D eigenvalue weighted by Crippen LogP contribution is -1.79. The lowest BCUT2D eigenvalue weighted by atomic mass is 10.1. The summed E-state index contributed by atoms with van der Waals surface area (Å²) in [5.74, 6) is 2.25. The zero-order valence-electron chi connectivity index (χ0n) is 8.31. The molecule has 0 aliphatic heterocycles. The van der Waals surface area contributed by atoms with Crippen molar-refractivity contribution in [1.29, 1.82) is 0 Å². The first-order valence-corrected chi connectivity index (χ1v) is 4.03. The molecule has 0 aromatic heterocycles. The second-order valence-corrected chi connectivity index (χ2v) is 2.88. The van der Waals surface area contributed by atoms with Gasteiger partial charge in [0.25, 0.3) is 0 Å². The molecule has 0 heterocycles. The number of hydrogen-bond donors (Lipinski definition) is 0. The second kappa shape index (κ2) is 5.43. The van der Waals surface area contributed by atoms with E-state index < -0.39 is 0 Å². The van der Waals surface area contributed by atoms with Crippen LogP contribution in [0.3, 0.4) is 0 Å². The van der Waals surface area contributed by atoms with Crippen LogP contribution in [0, 0.1) is 33.1 Å². The third kappa shape index (κ3) is 3.83. The van der Waals surface area contributed by atoms with E-state index in [0.717, 1.165) is 0 Å². The predicted molar refractivity (Wildman–Crippen MR) is 55.2 cm³/mol. The molecular weight excluding hydrogens is 144 g/mol. The summed E-state index contributed by atoms with van der Waals surface area (Å²) in [6.45, 7) is 8.05. The molecule has 0 spiro atoms. The zero-order valence-corrected chi connectivity index (χ0v) is 8.31. The highest BCUT2D eigenvalue weighted by atomic mass is 13.9. The molecule has 0 nitrogen and oxygen atoms in total. The Morgan fingerprint density at radius 1 is 1.08 bits per heavy atom. The molecule has 0 unspecified atom stereocenters. The van der Waals surface area contributed by atoms with Crippen molar-refractivity contribution < 1.29 is 0 Å². The quantitative estimate of drug-likeness (QED) is 0.511. The SMILES string of the molecule is C#CC.Cc1ccc(C)c(C)c1. The monoisotopic (exact) mass is 160 g/mol. The lowest BCUT2D eigenvalue weighted by Gasteiger charge is -1.98. The van der Waals surface area contributed by atoms with Crippen LogP contribution in [-0.2, 0) is 0 Å². The van der Waals surface area contributed by atoms with Gasteiger partial charge in [-0.2, -0.15) is 0 Å². The van der Waals surface area contributed by atoms with E-state index in [-0.39, 0.29) is 0 Å². The van der Waals surface area contributed by atoms with Gasteiger partial charge >= 0.3 is 0 Å². The summed E-state index contributed by atoms with van der Waals surface area (Å²) in [6.07, 6.45) is 4.60. The van der Waals surface area contributed by atoms with Crippen molar-refractivity contribution in [1.82, 2.24) is 0 Å². The fraction of sp³-hybridized carbons (Fsp3) is 0.333. The van der Waals surface area contributed by atoms with Crippen LogP contribution in [0.4, 0.5) is 0 Å². The van der Waals surface area contributed by atoms with Crippen molar-refractivity contribution in [3.05, 3.63) is 34.9 Å². The Morgan fingerprint density at radius 2 is 1.58 bits per heavy atom. The predicted octanol–water partition coefficient (Wildman–Crippen LogP) is 3.25. The van der Waals surface area contributed by atoms with E-state index in [9.17, 15) is 0 Å². The largest absolute Gasteiger partial charge is 0.120 e. The van der Waals surface area contributed by atoms with Crippen LogP contribution in [0.25, 0.3) is 0 Å². The Balaban J connectivity index is 0.000000354. The van der Waals surface area contributed by atoms with Gasteiger partial charge in [-0.3, -0.25) is 0 Å². The molecule has 0 fully saturated rings. The minimum Gasteiger partial charge on any atom is -0.120 e. The fourth-order valence-corrected chi connectivity index (χ4v) is 0.891. The lowest BCUT2D eigenvalue weighted by molar-refractivity contribution is 1.30. The molecular formula is C12H16. The van der Waals surface area contributed by atoms with Crippen LogP contribution in [0.5, 0.6) is 0 Å². The maximum atomic E-state index is 4.60. The molecule has 0 bridgehead atoms. The van der Waals surface area contributed by atoms with Crippen LogP contribution in [-0.4, -0.2) is 0 Å². The summed E-state index contributed by atoms with van der Waals surface area (Å²) in [5, 5.41) is 0. The van der Waals surface area contributed by atoms with E-state index in [2.05, 4.69) is 51.3 Å². The van der Waals surface area contributed by atoms with Crippen molar-refractivity contribution in [2.24, 2.45) is 0 Å². The van der Waals surface area contributed by atoms with E-state index >= 15 is 0 Å². The normalized spacial score (nSPS) is 7.92. The van der Waals surface area contributed by atoms with Crippen LogP contribution in [0.1, 0.15) is 23.6 Å². The first-order chi connectivity index (χ1) is 5.61. The van der Waals surface area contributed by atoms with Gasteiger partial charge < -0.3 is 0 Å². The van der Waals surface area contributed by atoms with Crippen molar-refractivity contribution in [3.8, 4) is 12.3 Å². The molecule has 0 heteroatoms. The van der Waals surface area contributed by atoms with Gasteiger partial charge in [0, 0.05) is 0 Å². The second-order valence-electron chi connectivity index (χ2n) is 2.88. The van der Waals surface area contributed by atoms with Gasteiger partial charge in [0.05, 0.1) is 0 Å². The molecule has 0 atom stereocenters. The molecule has 0 aliphatic carbocycles. The number of hydrogen-bond acceptors (Lipinski definition) is 0. The first-order valence-electron chi connectivity index (χ1n) is 4.03. The summed E-state index contributed by atoms with van der Waals surface area (Å²) >= 11 is 0. The molecule has 1 aromatic rings. The average molecular weight is 160 g/mol. The number of aryl methyl sites for hydroxylation is 3. The smallest absolute Gasteiger partial charge is 0.00297 e. The van der Waals surface area contributed by atoms with E-state index in [4.69, 9.17) is 0 Å². The van der Waals surface area contributed by atoms with E-state index in [1.54, 1.807) is 6.92 Å². The number of rotatable bonds is 0. The average Bonchev–Trinajstić information content (AvgIpc) is 1.99. The van der Waals surface area contributed by atoms with Crippen molar-refractivity contribution in [3.63, 3.8) is 0 Å². The summed E-state index contributed by atoms with van der Waals surface area (Å²) < 4.78 is 0. The highest BCUT2D eigenvalue weighted by Gasteiger charge is 1.89. The van der Waals surface area contributed by atoms with Gasteiger partial charge in [0.15, 0.2) is 0 Å². The van der Waals surface area contributed by atoms with Gasteiger partial charge in [0.2, 0.25) is 0 Å². The third-order valence-electron chi connectivity index (χ3n) is 1.66. The molecule has 64 valence electrons. The van der Waals surface area contributed by atoms with Gasteiger partial charge in [-0.05, 0) is 38.8 Å². The molecule has 1 aromatic carbocycles. The Hall–Kier alpha value is -1.22. The minimum atomic E-state index is 1.35. The molecule has 0 amide bonds. The molecule has 0 aliphatic rings. The Bertz CT molecular complexity index is 277. The molecule has 0 radical (unpaired) electrons. The Labute approximate surface area is 75.6 Å². The highest BCUT2D eigenvalue weighted by Crippen LogP contribution is 2.07. The van der Waals surface area contributed by atoms with Crippen molar-refractivity contribution >= 4 is 0 Å². The minimum absolute atomic E-state index is 1.35. The van der Waals surface area contributed by atoms with Crippen LogP contribution in [0.15, 0.2) is 18.2 Å². The van der Waals surface area contributed by atoms with Crippen LogP contribution >= 0.6 is 0 Å². The van der Waals surface area contributed by atoms with Crippen LogP contribution in [0.2, 0.25) is 0 Å². The van der Waals surface area contributed by atoms with Crippen molar-refractivity contribution in [2.75, 3.05) is 0 Å². The molecule has 1 rings (SSSR count). The third-order valence-corrected chi connectivity index (χ3v) is 1.66. The molecule has 0 N–H and O–H groups in total. The van der Waals surface area contributed by atoms with Gasteiger partial charge in [-0.15, -0.1) is 12.3 Å². The van der Waals surface area contributed by atoms with Gasteiger partial charge in [0.1, 0.15) is 0 Å². The maximum Gasteiger partial charge on any atom is -0.00297 e. The highest BCUT2D eigenvalue weighted by molar-refractivity contribution is 5.28. The summed E-state index contributed by atoms with van der Waals surface area (Å²) in [4.78, 5) is 0. The molecule has 0 saturated heterocycles. The van der Waals surface area contributed by atoms with Crippen LogP contribution < -0.4 is 0 Å². The Kier molecular flexibility index (Phi) is 4.88. The maximum absolute atomic E-state index is 4.60.